The lowest BCUT2D eigenvalue weighted by Crippen LogP contribution is -2.21. The van der Waals surface area contributed by atoms with Crippen molar-refractivity contribution < 1.29 is 17.6 Å². The molecule has 2 aromatic heterocycles. The summed E-state index contributed by atoms with van der Waals surface area (Å²) in [6.45, 7) is 3.92. The lowest BCUT2D eigenvalue weighted by Gasteiger charge is -2.22. The van der Waals surface area contributed by atoms with E-state index in [1.165, 1.54) is 34.4 Å². The number of allylic oxidation sites excluding steroid dienone is 2. The first-order valence-corrected chi connectivity index (χ1v) is 8.41. The molecule has 146 valence electrons. The Morgan fingerprint density at radius 3 is 2.59 bits per heavy atom. The van der Waals surface area contributed by atoms with Crippen LogP contribution in [-0.2, 0) is 6.18 Å². The van der Waals surface area contributed by atoms with Gasteiger partial charge in [-0.25, -0.2) is 14.1 Å². The van der Waals surface area contributed by atoms with Crippen LogP contribution in [0.3, 0.4) is 0 Å². The summed E-state index contributed by atoms with van der Waals surface area (Å²) in [6, 6.07) is 8.66. The highest BCUT2D eigenvalue weighted by molar-refractivity contribution is 6.14. The summed E-state index contributed by atoms with van der Waals surface area (Å²) in [5, 5.41) is 9.79. The quantitative estimate of drug-likeness (QED) is 0.599. The van der Waals surface area contributed by atoms with Crippen molar-refractivity contribution in [3.8, 4) is 5.69 Å². The van der Waals surface area contributed by atoms with Gasteiger partial charge in [0, 0.05) is 12.4 Å². The normalized spacial score (nSPS) is 14.3. The van der Waals surface area contributed by atoms with E-state index in [1.54, 1.807) is 30.3 Å². The van der Waals surface area contributed by atoms with Gasteiger partial charge in [0.25, 0.3) is 0 Å². The minimum absolute atomic E-state index is 0.123. The number of hydrazone groups is 1. The third-order valence-corrected chi connectivity index (χ3v) is 4.21. The van der Waals surface area contributed by atoms with E-state index < -0.39 is 17.6 Å². The number of hydrogen-bond donors (Lipinski definition) is 0. The summed E-state index contributed by atoms with van der Waals surface area (Å²) in [4.78, 5) is 3.66. The van der Waals surface area contributed by atoms with Crippen LogP contribution in [0.5, 0.6) is 0 Å². The molecule has 0 spiro atoms. The standard InChI is InChI=1S/C20H13F4N5/c1-13-7-9-28(15-10-14(11-25-12-15)20(22,23)24)27-19(13)18-6-8-26-29(18)17-5-3-2-4-16(17)21/h2-12H,1H2. The first kappa shape index (κ1) is 18.6. The lowest BCUT2D eigenvalue weighted by atomic mass is 10.1. The van der Waals surface area contributed by atoms with Crippen LogP contribution < -0.4 is 5.01 Å². The molecular weight excluding hydrogens is 386 g/mol. The molecule has 1 aliphatic heterocycles. The van der Waals surface area contributed by atoms with Gasteiger partial charge in [-0.3, -0.25) is 4.98 Å². The first-order chi connectivity index (χ1) is 13.8. The van der Waals surface area contributed by atoms with Gasteiger partial charge in [-0.2, -0.15) is 23.4 Å². The van der Waals surface area contributed by atoms with Gasteiger partial charge in [-0.1, -0.05) is 18.7 Å². The van der Waals surface area contributed by atoms with Crippen molar-refractivity contribution >= 4 is 11.4 Å². The van der Waals surface area contributed by atoms with Gasteiger partial charge < -0.3 is 0 Å². The van der Waals surface area contributed by atoms with E-state index in [4.69, 9.17) is 0 Å². The third-order valence-electron chi connectivity index (χ3n) is 4.21. The minimum atomic E-state index is -4.53. The van der Waals surface area contributed by atoms with Gasteiger partial charge in [0.15, 0.2) is 0 Å². The molecule has 0 bridgehead atoms. The zero-order valence-corrected chi connectivity index (χ0v) is 14.8. The maximum atomic E-state index is 14.2. The van der Waals surface area contributed by atoms with Crippen LogP contribution in [0.4, 0.5) is 23.2 Å². The summed E-state index contributed by atoms with van der Waals surface area (Å²) in [7, 11) is 0. The topological polar surface area (TPSA) is 46.3 Å². The zero-order valence-electron chi connectivity index (χ0n) is 14.8. The van der Waals surface area contributed by atoms with Crippen molar-refractivity contribution in [1.82, 2.24) is 14.8 Å². The number of alkyl halides is 3. The van der Waals surface area contributed by atoms with Gasteiger partial charge in [0.2, 0.25) is 0 Å². The molecule has 0 atom stereocenters. The molecule has 4 rings (SSSR count). The molecule has 5 nitrogen and oxygen atoms in total. The Bertz CT molecular complexity index is 1140. The number of aromatic nitrogens is 3. The average Bonchev–Trinajstić information content (AvgIpc) is 3.17. The van der Waals surface area contributed by atoms with Crippen LogP contribution in [0.1, 0.15) is 11.3 Å². The fourth-order valence-electron chi connectivity index (χ4n) is 2.81. The van der Waals surface area contributed by atoms with E-state index >= 15 is 0 Å². The number of halogens is 4. The molecule has 0 fully saturated rings. The van der Waals surface area contributed by atoms with Crippen LogP contribution in [0.25, 0.3) is 5.69 Å². The highest BCUT2D eigenvalue weighted by atomic mass is 19.4. The highest BCUT2D eigenvalue weighted by Gasteiger charge is 2.31. The molecular formula is C20H13F4N5. The fraction of sp³-hybridized carbons (Fsp3) is 0.0500. The zero-order chi connectivity index (χ0) is 20.6. The van der Waals surface area contributed by atoms with E-state index in [2.05, 4.69) is 21.8 Å². The van der Waals surface area contributed by atoms with Crippen molar-refractivity contribution in [2.24, 2.45) is 5.10 Å². The Labute approximate surface area is 162 Å². The molecule has 0 aliphatic carbocycles. The number of pyridine rings is 1. The molecule has 3 heterocycles. The van der Waals surface area contributed by atoms with Crippen LogP contribution in [0.2, 0.25) is 0 Å². The van der Waals surface area contributed by atoms with Crippen LogP contribution >= 0.6 is 0 Å². The largest absolute Gasteiger partial charge is 0.417 e. The molecule has 9 heteroatoms. The predicted molar refractivity (Wildman–Crippen MR) is 100 cm³/mol. The number of rotatable bonds is 3. The Morgan fingerprint density at radius 1 is 1.03 bits per heavy atom. The van der Waals surface area contributed by atoms with E-state index in [-0.39, 0.29) is 11.4 Å². The molecule has 1 aliphatic rings. The van der Waals surface area contributed by atoms with Crippen LogP contribution in [0, 0.1) is 5.82 Å². The molecule has 0 radical (unpaired) electrons. The molecule has 0 saturated carbocycles. The number of anilines is 1. The second-order valence-corrected chi connectivity index (χ2v) is 6.14. The van der Waals surface area contributed by atoms with E-state index in [0.29, 0.717) is 17.0 Å². The summed E-state index contributed by atoms with van der Waals surface area (Å²) < 4.78 is 54.6. The summed E-state index contributed by atoms with van der Waals surface area (Å²) in [5.74, 6) is -0.478. The summed E-state index contributed by atoms with van der Waals surface area (Å²) in [6.07, 6.45) is 2.04. The molecule has 1 aromatic carbocycles. The second kappa shape index (κ2) is 7.01. The smallest absolute Gasteiger partial charge is 0.262 e. The summed E-state index contributed by atoms with van der Waals surface area (Å²) >= 11 is 0. The van der Waals surface area contributed by atoms with Crippen LogP contribution in [-0.4, -0.2) is 20.5 Å². The van der Waals surface area contributed by atoms with Crippen LogP contribution in [0.15, 0.2) is 84.5 Å². The van der Waals surface area contributed by atoms with E-state index in [9.17, 15) is 17.6 Å². The molecule has 0 N–H and O–H groups in total. The Balaban J connectivity index is 1.77. The monoisotopic (exact) mass is 399 g/mol. The molecule has 3 aromatic rings. The molecule has 29 heavy (non-hydrogen) atoms. The van der Waals surface area contributed by atoms with Crippen molar-refractivity contribution in [1.29, 1.82) is 0 Å². The fourth-order valence-corrected chi connectivity index (χ4v) is 2.81. The van der Waals surface area contributed by atoms with Crippen molar-refractivity contribution in [3.05, 3.63) is 96.5 Å². The third kappa shape index (κ3) is 3.54. The lowest BCUT2D eigenvalue weighted by molar-refractivity contribution is -0.137. The Kier molecular flexibility index (Phi) is 4.50. The Hall–Kier alpha value is -3.75. The minimum Gasteiger partial charge on any atom is -0.262 e. The number of para-hydroxylation sites is 1. The maximum Gasteiger partial charge on any atom is 0.417 e. The van der Waals surface area contributed by atoms with Gasteiger partial charge >= 0.3 is 6.18 Å². The Morgan fingerprint density at radius 2 is 1.83 bits per heavy atom. The number of benzene rings is 1. The van der Waals surface area contributed by atoms with Gasteiger partial charge in [-0.15, -0.1) is 0 Å². The van der Waals surface area contributed by atoms with Crippen molar-refractivity contribution in [2.45, 2.75) is 6.18 Å². The highest BCUT2D eigenvalue weighted by Crippen LogP contribution is 2.32. The van der Waals surface area contributed by atoms with Gasteiger partial charge in [0.05, 0.1) is 29.3 Å². The van der Waals surface area contributed by atoms with E-state index in [1.807, 2.05) is 0 Å². The number of nitrogens with zero attached hydrogens (tertiary/aromatic N) is 5. The second-order valence-electron chi connectivity index (χ2n) is 6.14. The first-order valence-electron chi connectivity index (χ1n) is 8.41. The summed E-state index contributed by atoms with van der Waals surface area (Å²) in [5.41, 5.74) is 0.725. The predicted octanol–water partition coefficient (Wildman–Crippen LogP) is 4.72. The average molecular weight is 399 g/mol. The SMILES string of the molecule is C=C1C=CN(c2cncc(C(F)(F)F)c2)N=C1c1ccnn1-c1ccccc1F. The van der Waals surface area contributed by atoms with Gasteiger partial charge in [-0.05, 0) is 35.9 Å². The maximum absolute atomic E-state index is 14.2. The molecule has 0 saturated heterocycles. The molecule has 0 unspecified atom stereocenters. The number of hydrogen-bond acceptors (Lipinski definition) is 4. The van der Waals surface area contributed by atoms with Crippen molar-refractivity contribution in [2.75, 3.05) is 5.01 Å². The molecule has 0 amide bonds. The van der Waals surface area contributed by atoms with Gasteiger partial charge in [0.1, 0.15) is 17.2 Å². The van der Waals surface area contributed by atoms with E-state index in [0.717, 1.165) is 12.3 Å². The van der Waals surface area contributed by atoms with Crippen molar-refractivity contribution in [3.63, 3.8) is 0 Å².